The summed E-state index contributed by atoms with van der Waals surface area (Å²) in [6.07, 6.45) is -5.04. The summed E-state index contributed by atoms with van der Waals surface area (Å²) in [5, 5.41) is 15.4. The lowest BCUT2D eigenvalue weighted by Gasteiger charge is -2.02. The number of carbonyl (C=O) groups is 2. The topological polar surface area (TPSA) is 119 Å². The lowest BCUT2D eigenvalue weighted by molar-refractivity contribution is -0.192. The van der Waals surface area contributed by atoms with Crippen LogP contribution in [0.1, 0.15) is 6.42 Å². The highest BCUT2D eigenvalue weighted by Gasteiger charge is 2.38. The van der Waals surface area contributed by atoms with E-state index >= 15 is 0 Å². The van der Waals surface area contributed by atoms with E-state index in [-0.39, 0.29) is 13.0 Å². The van der Waals surface area contributed by atoms with Gasteiger partial charge in [0.05, 0.1) is 32.8 Å². The molecule has 0 heterocycles. The normalized spacial score (nSPS) is 10.5. The molecule has 0 aliphatic heterocycles. The van der Waals surface area contributed by atoms with Crippen molar-refractivity contribution in [3.8, 4) is 0 Å². The fourth-order valence-corrected chi connectivity index (χ4v) is 0.565. The molecular weight excluding hydrogens is 275 g/mol. The van der Waals surface area contributed by atoms with Crippen LogP contribution in [0.3, 0.4) is 0 Å². The Balaban J connectivity index is 0. The van der Waals surface area contributed by atoms with Gasteiger partial charge in [-0.05, 0) is 0 Å². The van der Waals surface area contributed by atoms with Crippen molar-refractivity contribution in [1.82, 2.24) is 0 Å². The van der Waals surface area contributed by atoms with Crippen LogP contribution in [0.15, 0.2) is 0 Å². The summed E-state index contributed by atoms with van der Waals surface area (Å²) in [6, 6.07) is 0. The van der Waals surface area contributed by atoms with E-state index in [1.54, 1.807) is 0 Å². The Kier molecular flexibility index (Phi) is 12.3. The second kappa shape index (κ2) is 11.7. The van der Waals surface area contributed by atoms with Gasteiger partial charge < -0.3 is 25.4 Å². The number of ether oxygens (including phenoxy) is 2. The SMILES string of the molecule is NCCOCCOCCC(=O)O.O=C(O)C(F)(F)F. The Bertz CT molecular complexity index is 259. The largest absolute Gasteiger partial charge is 0.490 e. The first kappa shape index (κ1) is 19.9. The molecule has 10 heteroatoms. The number of aliphatic carboxylic acids is 2. The number of rotatable bonds is 8. The van der Waals surface area contributed by atoms with Gasteiger partial charge in [-0.25, -0.2) is 4.79 Å². The minimum absolute atomic E-state index is 0.0386. The number of halogens is 3. The molecule has 0 saturated heterocycles. The fourth-order valence-electron chi connectivity index (χ4n) is 0.565. The van der Waals surface area contributed by atoms with Gasteiger partial charge in [0.1, 0.15) is 0 Å². The average Bonchev–Trinajstić information content (AvgIpc) is 2.27. The highest BCUT2D eigenvalue weighted by atomic mass is 19.4. The van der Waals surface area contributed by atoms with Gasteiger partial charge in [-0.15, -0.1) is 0 Å². The van der Waals surface area contributed by atoms with Crippen molar-refractivity contribution in [3.63, 3.8) is 0 Å². The third kappa shape index (κ3) is 19.1. The van der Waals surface area contributed by atoms with Crippen molar-refractivity contribution in [2.24, 2.45) is 5.73 Å². The van der Waals surface area contributed by atoms with E-state index in [0.717, 1.165) is 0 Å². The van der Waals surface area contributed by atoms with Crippen molar-refractivity contribution in [2.75, 3.05) is 33.0 Å². The molecule has 0 aromatic carbocycles. The zero-order valence-corrected chi connectivity index (χ0v) is 9.98. The van der Waals surface area contributed by atoms with Crippen LogP contribution < -0.4 is 5.73 Å². The van der Waals surface area contributed by atoms with Crippen LogP contribution in [0.25, 0.3) is 0 Å². The molecule has 0 saturated carbocycles. The quantitative estimate of drug-likeness (QED) is 0.542. The predicted octanol–water partition coefficient (Wildman–Crippen LogP) is 0.0863. The Labute approximate surface area is 107 Å². The van der Waals surface area contributed by atoms with Crippen LogP contribution in [0.5, 0.6) is 0 Å². The van der Waals surface area contributed by atoms with Gasteiger partial charge >= 0.3 is 18.1 Å². The Morgan fingerprint density at radius 1 is 1.00 bits per heavy atom. The van der Waals surface area contributed by atoms with Crippen molar-refractivity contribution in [2.45, 2.75) is 12.6 Å². The summed E-state index contributed by atoms with van der Waals surface area (Å²) in [5.41, 5.74) is 5.17. The molecule has 0 aromatic heterocycles. The van der Waals surface area contributed by atoms with Crippen molar-refractivity contribution >= 4 is 11.9 Å². The zero-order valence-electron chi connectivity index (χ0n) is 9.98. The van der Waals surface area contributed by atoms with E-state index in [0.29, 0.717) is 26.4 Å². The van der Waals surface area contributed by atoms with Gasteiger partial charge in [-0.1, -0.05) is 0 Å². The summed E-state index contributed by atoms with van der Waals surface area (Å²) < 4.78 is 41.7. The first-order valence-corrected chi connectivity index (χ1v) is 5.09. The van der Waals surface area contributed by atoms with E-state index in [1.807, 2.05) is 0 Å². The zero-order chi connectivity index (χ0) is 15.3. The van der Waals surface area contributed by atoms with Crippen LogP contribution in [-0.4, -0.2) is 61.3 Å². The maximum Gasteiger partial charge on any atom is 0.490 e. The third-order valence-corrected chi connectivity index (χ3v) is 1.34. The second-order valence-electron chi connectivity index (χ2n) is 2.96. The third-order valence-electron chi connectivity index (χ3n) is 1.34. The molecule has 0 radical (unpaired) electrons. The molecule has 0 aliphatic rings. The summed E-state index contributed by atoms with van der Waals surface area (Å²) >= 11 is 0. The van der Waals surface area contributed by atoms with Gasteiger partial charge in [0, 0.05) is 6.54 Å². The fraction of sp³-hybridized carbons (Fsp3) is 0.778. The molecule has 4 N–H and O–H groups in total. The lowest BCUT2D eigenvalue weighted by Crippen LogP contribution is -2.21. The highest BCUT2D eigenvalue weighted by molar-refractivity contribution is 5.73. The molecule has 19 heavy (non-hydrogen) atoms. The van der Waals surface area contributed by atoms with Crippen LogP contribution in [0, 0.1) is 0 Å². The molecule has 0 spiro atoms. The van der Waals surface area contributed by atoms with Crippen LogP contribution in [-0.2, 0) is 19.1 Å². The van der Waals surface area contributed by atoms with E-state index in [1.165, 1.54) is 0 Å². The van der Waals surface area contributed by atoms with Crippen LogP contribution in [0.2, 0.25) is 0 Å². The molecule has 114 valence electrons. The maximum absolute atomic E-state index is 10.6. The van der Waals surface area contributed by atoms with Crippen molar-refractivity contribution in [1.29, 1.82) is 0 Å². The number of carboxylic acids is 2. The number of nitrogens with two attached hydrogens (primary N) is 1. The first-order valence-electron chi connectivity index (χ1n) is 5.09. The standard InChI is InChI=1S/C7H15NO4.C2HF3O2/c8-2-4-12-6-5-11-3-1-7(9)10;3-2(4,5)1(6)7/h1-6,8H2,(H,9,10);(H,6,7). The van der Waals surface area contributed by atoms with E-state index in [9.17, 15) is 18.0 Å². The summed E-state index contributed by atoms with van der Waals surface area (Å²) in [4.78, 5) is 18.9. The van der Waals surface area contributed by atoms with Crippen molar-refractivity contribution < 1.29 is 42.4 Å². The molecule has 0 aromatic rings. The van der Waals surface area contributed by atoms with Gasteiger partial charge in [0.25, 0.3) is 0 Å². The molecule has 0 rings (SSSR count). The summed E-state index contributed by atoms with van der Waals surface area (Å²) in [5.74, 6) is -3.61. The monoisotopic (exact) mass is 291 g/mol. The second-order valence-corrected chi connectivity index (χ2v) is 2.96. The van der Waals surface area contributed by atoms with Gasteiger partial charge in [0.15, 0.2) is 0 Å². The Hall–Kier alpha value is -1.39. The number of alkyl halides is 3. The van der Waals surface area contributed by atoms with Gasteiger partial charge in [-0.2, -0.15) is 13.2 Å². The number of hydrogen-bond donors (Lipinski definition) is 3. The summed E-state index contributed by atoms with van der Waals surface area (Å²) in [6.45, 7) is 2.14. The van der Waals surface area contributed by atoms with E-state index < -0.39 is 18.1 Å². The molecule has 7 nitrogen and oxygen atoms in total. The lowest BCUT2D eigenvalue weighted by atomic mass is 10.5. The van der Waals surface area contributed by atoms with E-state index in [2.05, 4.69) is 0 Å². The predicted molar refractivity (Wildman–Crippen MR) is 56.6 cm³/mol. The molecule has 0 atom stereocenters. The van der Waals surface area contributed by atoms with Gasteiger partial charge in [0.2, 0.25) is 0 Å². The molecule has 0 unspecified atom stereocenters. The first-order chi connectivity index (χ1) is 8.71. The Morgan fingerprint density at radius 3 is 1.74 bits per heavy atom. The minimum atomic E-state index is -5.08. The maximum atomic E-state index is 10.6. The Morgan fingerprint density at radius 2 is 1.42 bits per heavy atom. The molecular formula is C9H16F3NO6. The molecule has 0 fully saturated rings. The molecule has 0 bridgehead atoms. The number of carboxylic acid groups (broad SMARTS) is 2. The minimum Gasteiger partial charge on any atom is -0.481 e. The molecule has 0 aliphatic carbocycles. The van der Waals surface area contributed by atoms with Crippen LogP contribution >= 0.6 is 0 Å². The van der Waals surface area contributed by atoms with E-state index in [4.69, 9.17) is 30.2 Å². The van der Waals surface area contributed by atoms with Crippen molar-refractivity contribution in [3.05, 3.63) is 0 Å². The number of hydrogen-bond acceptors (Lipinski definition) is 5. The molecule has 0 amide bonds. The summed E-state index contributed by atoms with van der Waals surface area (Å²) in [7, 11) is 0. The van der Waals surface area contributed by atoms with Crippen LogP contribution in [0.4, 0.5) is 13.2 Å². The average molecular weight is 291 g/mol. The van der Waals surface area contributed by atoms with Gasteiger partial charge in [-0.3, -0.25) is 4.79 Å². The smallest absolute Gasteiger partial charge is 0.481 e. The highest BCUT2D eigenvalue weighted by Crippen LogP contribution is 2.13.